The van der Waals surface area contributed by atoms with Gasteiger partial charge >= 0.3 is 0 Å². The summed E-state index contributed by atoms with van der Waals surface area (Å²) in [6.07, 6.45) is 2.40. The molecule has 0 N–H and O–H groups in total. The van der Waals surface area contributed by atoms with Crippen LogP contribution in [0, 0.1) is 0 Å². The molecule has 1 heterocycles. The highest BCUT2D eigenvalue weighted by molar-refractivity contribution is 7.98. The van der Waals surface area contributed by atoms with Crippen molar-refractivity contribution in [2.75, 3.05) is 19.5 Å². The van der Waals surface area contributed by atoms with Crippen molar-refractivity contribution in [3.63, 3.8) is 0 Å². The van der Waals surface area contributed by atoms with E-state index in [9.17, 15) is 0 Å². The second-order valence-corrected chi connectivity index (χ2v) is 3.82. The lowest BCUT2D eigenvalue weighted by Gasteiger charge is -2.03. The summed E-state index contributed by atoms with van der Waals surface area (Å²) >= 11 is 1.73. The molecule has 0 saturated carbocycles. The predicted octanol–water partition coefficient (Wildman–Crippen LogP) is 2.19. The van der Waals surface area contributed by atoms with Crippen LogP contribution in [-0.2, 0) is 4.74 Å². The molecule has 0 aromatic heterocycles. The first-order chi connectivity index (χ1) is 6.38. The zero-order valence-electron chi connectivity index (χ0n) is 7.53. The maximum atomic E-state index is 5.50. The maximum Gasteiger partial charge on any atom is 0.119 e. The molecule has 1 aliphatic rings. The van der Waals surface area contributed by atoms with Gasteiger partial charge in [0, 0.05) is 4.90 Å². The first-order valence-corrected chi connectivity index (χ1v) is 5.49. The number of ether oxygens (including phenoxy) is 2. The molecule has 1 saturated heterocycles. The fourth-order valence-electron chi connectivity index (χ4n) is 1.03. The smallest absolute Gasteiger partial charge is 0.119 e. The van der Waals surface area contributed by atoms with Gasteiger partial charge in [-0.25, -0.2) is 0 Å². The molecule has 70 valence electrons. The third-order valence-electron chi connectivity index (χ3n) is 1.90. The molecule has 0 aliphatic carbocycles. The quantitative estimate of drug-likeness (QED) is 0.544. The first-order valence-electron chi connectivity index (χ1n) is 4.27. The topological polar surface area (TPSA) is 21.8 Å². The molecule has 0 spiro atoms. The van der Waals surface area contributed by atoms with Crippen LogP contribution in [0.1, 0.15) is 0 Å². The van der Waals surface area contributed by atoms with Gasteiger partial charge in [0.05, 0.1) is 6.61 Å². The summed E-state index contributed by atoms with van der Waals surface area (Å²) in [6.45, 7) is 1.53. The van der Waals surface area contributed by atoms with Crippen molar-refractivity contribution in [3.05, 3.63) is 24.3 Å². The van der Waals surface area contributed by atoms with Crippen LogP contribution in [-0.4, -0.2) is 25.6 Å². The lowest BCUT2D eigenvalue weighted by Crippen LogP contribution is -2.03. The Bertz CT molecular complexity index is 267. The lowest BCUT2D eigenvalue weighted by molar-refractivity contribution is 0.263. The predicted molar refractivity (Wildman–Crippen MR) is 53.5 cm³/mol. The Balaban J connectivity index is 1.88. The van der Waals surface area contributed by atoms with E-state index in [-0.39, 0.29) is 0 Å². The zero-order chi connectivity index (χ0) is 9.10. The summed E-state index contributed by atoms with van der Waals surface area (Å²) in [7, 11) is 0. The van der Waals surface area contributed by atoms with E-state index >= 15 is 0 Å². The number of hydrogen-bond donors (Lipinski definition) is 0. The van der Waals surface area contributed by atoms with Crippen LogP contribution < -0.4 is 4.74 Å². The third kappa shape index (κ3) is 2.64. The molecular formula is C10H12O2S. The number of benzene rings is 1. The van der Waals surface area contributed by atoms with Crippen LogP contribution in [0.25, 0.3) is 0 Å². The molecule has 0 radical (unpaired) electrons. The third-order valence-corrected chi connectivity index (χ3v) is 2.64. The summed E-state index contributed by atoms with van der Waals surface area (Å²) in [6, 6.07) is 8.12. The Labute approximate surface area is 82.2 Å². The first kappa shape index (κ1) is 8.91. The van der Waals surface area contributed by atoms with Gasteiger partial charge in [-0.2, -0.15) is 0 Å². The number of rotatable bonds is 4. The van der Waals surface area contributed by atoms with Crippen LogP contribution in [0.2, 0.25) is 0 Å². The van der Waals surface area contributed by atoms with E-state index in [1.165, 1.54) is 4.90 Å². The largest absolute Gasteiger partial charge is 0.491 e. The SMILES string of the molecule is CSc1ccc(OC[C@H]2CO2)cc1. The van der Waals surface area contributed by atoms with Gasteiger partial charge in [-0.3, -0.25) is 0 Å². The van der Waals surface area contributed by atoms with Crippen LogP contribution in [0.5, 0.6) is 5.75 Å². The number of epoxide rings is 1. The zero-order valence-corrected chi connectivity index (χ0v) is 8.34. The van der Waals surface area contributed by atoms with Crippen molar-refractivity contribution in [1.82, 2.24) is 0 Å². The Kier molecular flexibility index (Phi) is 2.76. The molecule has 1 aromatic rings. The number of hydrogen-bond acceptors (Lipinski definition) is 3. The second kappa shape index (κ2) is 4.03. The van der Waals surface area contributed by atoms with E-state index in [1.54, 1.807) is 11.8 Å². The number of thioether (sulfide) groups is 1. The van der Waals surface area contributed by atoms with Gasteiger partial charge in [0.15, 0.2) is 0 Å². The molecule has 0 bridgehead atoms. The van der Waals surface area contributed by atoms with Gasteiger partial charge in [-0.15, -0.1) is 11.8 Å². The highest BCUT2D eigenvalue weighted by atomic mass is 32.2. The van der Waals surface area contributed by atoms with E-state index in [0.29, 0.717) is 12.7 Å². The minimum atomic E-state index is 0.334. The van der Waals surface area contributed by atoms with E-state index in [0.717, 1.165) is 12.4 Å². The lowest BCUT2D eigenvalue weighted by atomic mass is 10.3. The van der Waals surface area contributed by atoms with Crippen molar-refractivity contribution < 1.29 is 9.47 Å². The van der Waals surface area contributed by atoms with E-state index < -0.39 is 0 Å². The molecule has 1 fully saturated rings. The van der Waals surface area contributed by atoms with Gasteiger partial charge < -0.3 is 9.47 Å². The van der Waals surface area contributed by atoms with Gasteiger partial charge in [-0.05, 0) is 30.5 Å². The highest BCUT2D eigenvalue weighted by Crippen LogP contribution is 2.20. The molecule has 1 atom stereocenters. The Morgan fingerprint density at radius 1 is 1.46 bits per heavy atom. The van der Waals surface area contributed by atoms with E-state index in [1.807, 2.05) is 12.1 Å². The maximum absolute atomic E-state index is 5.50. The molecular weight excluding hydrogens is 184 g/mol. The summed E-state index contributed by atoms with van der Waals surface area (Å²) in [4.78, 5) is 1.26. The normalized spacial score (nSPS) is 19.9. The minimum absolute atomic E-state index is 0.334. The summed E-state index contributed by atoms with van der Waals surface area (Å²) < 4.78 is 10.5. The highest BCUT2D eigenvalue weighted by Gasteiger charge is 2.22. The Morgan fingerprint density at radius 3 is 2.69 bits per heavy atom. The molecule has 1 aliphatic heterocycles. The molecule has 2 nitrogen and oxygen atoms in total. The van der Waals surface area contributed by atoms with Crippen LogP contribution >= 0.6 is 11.8 Å². The molecule has 3 heteroatoms. The summed E-state index contributed by atoms with van der Waals surface area (Å²) in [5.41, 5.74) is 0. The van der Waals surface area contributed by atoms with E-state index in [4.69, 9.17) is 9.47 Å². The monoisotopic (exact) mass is 196 g/mol. The second-order valence-electron chi connectivity index (χ2n) is 2.94. The average Bonchev–Trinajstić information content (AvgIpc) is 2.99. The van der Waals surface area contributed by atoms with Gasteiger partial charge in [0.25, 0.3) is 0 Å². The fourth-order valence-corrected chi connectivity index (χ4v) is 1.43. The van der Waals surface area contributed by atoms with Gasteiger partial charge in [0.2, 0.25) is 0 Å². The van der Waals surface area contributed by atoms with Crippen molar-refractivity contribution >= 4 is 11.8 Å². The van der Waals surface area contributed by atoms with Crippen molar-refractivity contribution in [3.8, 4) is 5.75 Å². The van der Waals surface area contributed by atoms with Crippen molar-refractivity contribution in [2.24, 2.45) is 0 Å². The summed E-state index contributed by atoms with van der Waals surface area (Å²) in [5, 5.41) is 0. The molecule has 0 unspecified atom stereocenters. The van der Waals surface area contributed by atoms with Crippen molar-refractivity contribution in [2.45, 2.75) is 11.0 Å². The van der Waals surface area contributed by atoms with Gasteiger partial charge in [-0.1, -0.05) is 0 Å². The molecule has 0 amide bonds. The van der Waals surface area contributed by atoms with E-state index in [2.05, 4.69) is 18.4 Å². The molecule has 1 aromatic carbocycles. The average molecular weight is 196 g/mol. The molecule has 13 heavy (non-hydrogen) atoms. The fraction of sp³-hybridized carbons (Fsp3) is 0.400. The Morgan fingerprint density at radius 2 is 2.15 bits per heavy atom. The van der Waals surface area contributed by atoms with Gasteiger partial charge in [0.1, 0.15) is 18.5 Å². The minimum Gasteiger partial charge on any atom is -0.491 e. The Hall–Kier alpha value is -0.670. The van der Waals surface area contributed by atoms with Crippen LogP contribution in [0.15, 0.2) is 29.2 Å². The standard InChI is InChI=1S/C10H12O2S/c1-13-10-4-2-8(3-5-10)11-6-9-7-12-9/h2-5,9H,6-7H2,1H3/t9-/m0/s1. The van der Waals surface area contributed by atoms with Crippen molar-refractivity contribution in [1.29, 1.82) is 0 Å². The van der Waals surface area contributed by atoms with Crippen LogP contribution in [0.3, 0.4) is 0 Å². The van der Waals surface area contributed by atoms with Crippen LogP contribution in [0.4, 0.5) is 0 Å². The molecule has 2 rings (SSSR count). The summed E-state index contributed by atoms with van der Waals surface area (Å²) in [5.74, 6) is 0.924.